The van der Waals surface area contributed by atoms with Gasteiger partial charge in [0.1, 0.15) is 11.9 Å². The molecule has 1 saturated heterocycles. The monoisotopic (exact) mass is 476 g/mol. The summed E-state index contributed by atoms with van der Waals surface area (Å²) < 4.78 is 40.3. The van der Waals surface area contributed by atoms with Crippen LogP contribution in [0.2, 0.25) is 0 Å². The largest absolute Gasteiger partial charge is 0.350 e. The highest BCUT2D eigenvalue weighted by molar-refractivity contribution is 7.89. The Morgan fingerprint density at radius 1 is 1.15 bits per heavy atom. The molecule has 8 nitrogen and oxygen atoms in total. The summed E-state index contributed by atoms with van der Waals surface area (Å²) in [5.41, 5.74) is 0.890. The number of piperidine rings is 1. The summed E-state index contributed by atoms with van der Waals surface area (Å²) in [5.74, 6) is -1.92. The van der Waals surface area contributed by atoms with Crippen LogP contribution in [0.1, 0.15) is 32.3 Å². The molecular formula is C23H29FN4O4S. The first-order chi connectivity index (χ1) is 15.7. The molecular weight excluding hydrogens is 447 g/mol. The van der Waals surface area contributed by atoms with Crippen LogP contribution in [0.3, 0.4) is 0 Å². The smallest absolute Gasteiger partial charge is 0.243 e. The molecule has 1 aliphatic heterocycles. The lowest BCUT2D eigenvalue weighted by Crippen LogP contribution is -2.53. The second-order valence-corrected chi connectivity index (χ2v) is 10.4. The lowest BCUT2D eigenvalue weighted by molar-refractivity contribution is -0.132. The summed E-state index contributed by atoms with van der Waals surface area (Å²) in [6, 6.07) is 7.47. The maximum absolute atomic E-state index is 13.2. The molecule has 10 heteroatoms. The van der Waals surface area contributed by atoms with Crippen molar-refractivity contribution in [3.8, 4) is 0 Å². The zero-order valence-corrected chi connectivity index (χ0v) is 19.5. The second-order valence-electron chi connectivity index (χ2n) is 8.46. The Bertz CT molecular complexity index is 1060. The number of hydrogen-bond acceptors (Lipinski definition) is 5. The number of sulfonamides is 1. The van der Waals surface area contributed by atoms with Crippen molar-refractivity contribution in [2.45, 2.75) is 44.2 Å². The Balaban J connectivity index is 1.63. The Hall–Kier alpha value is -2.85. The van der Waals surface area contributed by atoms with Crippen molar-refractivity contribution in [3.63, 3.8) is 0 Å². The minimum atomic E-state index is -3.84. The van der Waals surface area contributed by atoms with E-state index < -0.39 is 27.8 Å². The third-order valence-electron chi connectivity index (χ3n) is 5.67. The molecule has 2 heterocycles. The molecule has 0 spiro atoms. The first-order valence-electron chi connectivity index (χ1n) is 10.9. The van der Waals surface area contributed by atoms with Gasteiger partial charge in [0.2, 0.25) is 21.8 Å². The van der Waals surface area contributed by atoms with Crippen LogP contribution in [0.15, 0.2) is 53.7 Å². The lowest BCUT2D eigenvalue weighted by atomic mass is 9.96. The first-order valence-corrected chi connectivity index (χ1v) is 12.3. The zero-order chi connectivity index (χ0) is 24.0. The van der Waals surface area contributed by atoms with Crippen molar-refractivity contribution in [1.82, 2.24) is 19.9 Å². The highest BCUT2D eigenvalue weighted by atomic mass is 32.2. The van der Waals surface area contributed by atoms with Crippen LogP contribution in [0, 0.1) is 17.7 Å². The van der Waals surface area contributed by atoms with Crippen LogP contribution in [0.4, 0.5) is 4.39 Å². The number of amides is 2. The van der Waals surface area contributed by atoms with Crippen molar-refractivity contribution in [2.75, 3.05) is 13.1 Å². The second kappa shape index (κ2) is 10.8. The van der Waals surface area contributed by atoms with Gasteiger partial charge in [-0.25, -0.2) is 12.8 Å². The van der Waals surface area contributed by atoms with Gasteiger partial charge in [-0.1, -0.05) is 13.8 Å². The zero-order valence-electron chi connectivity index (χ0n) is 18.7. The molecule has 1 aliphatic rings. The Morgan fingerprint density at radius 2 is 1.82 bits per heavy atom. The highest BCUT2D eigenvalue weighted by Gasteiger charge is 2.35. The van der Waals surface area contributed by atoms with Crippen molar-refractivity contribution in [3.05, 3.63) is 60.2 Å². The van der Waals surface area contributed by atoms with Crippen LogP contribution in [-0.4, -0.2) is 48.7 Å². The number of halogens is 1. The third kappa shape index (κ3) is 6.35. The van der Waals surface area contributed by atoms with Crippen molar-refractivity contribution >= 4 is 21.8 Å². The van der Waals surface area contributed by atoms with E-state index in [4.69, 9.17) is 0 Å². The van der Waals surface area contributed by atoms with E-state index in [0.29, 0.717) is 19.4 Å². The lowest BCUT2D eigenvalue weighted by Gasteiger charge is -2.32. The number of nitrogens with one attached hydrogen (secondary N) is 2. The molecule has 0 unspecified atom stereocenters. The molecule has 2 atom stereocenters. The van der Waals surface area contributed by atoms with Gasteiger partial charge in [-0.2, -0.15) is 4.31 Å². The number of aromatic nitrogens is 1. The normalized spacial score (nSPS) is 18.0. The number of pyridine rings is 1. The molecule has 1 aromatic carbocycles. The molecule has 178 valence electrons. The fourth-order valence-corrected chi connectivity index (χ4v) is 5.26. The summed E-state index contributed by atoms with van der Waals surface area (Å²) in [6.45, 7) is 4.28. The Kier molecular flexibility index (Phi) is 8.15. The molecule has 0 bridgehead atoms. The highest BCUT2D eigenvalue weighted by Crippen LogP contribution is 2.24. The molecule has 0 saturated carbocycles. The standard InChI is InChI=1S/C23H29FN4O4S/c1-16(2)21(23(30)26-14-17-9-11-25-12-10-17)27-22(29)18-4-3-13-28(15-18)33(31,32)20-7-5-19(24)6-8-20/h5-12,16,18,21H,3-4,13-15H2,1-2H3,(H,26,30)(H,27,29)/t18-,21+/m0/s1. The first kappa shape index (κ1) is 24.8. The molecule has 0 radical (unpaired) electrons. The molecule has 2 aromatic rings. The number of benzene rings is 1. The van der Waals surface area contributed by atoms with Crippen molar-refractivity contribution in [2.24, 2.45) is 11.8 Å². The summed E-state index contributed by atoms with van der Waals surface area (Å²) in [4.78, 5) is 29.6. The van der Waals surface area contributed by atoms with E-state index in [1.807, 2.05) is 13.8 Å². The molecule has 33 heavy (non-hydrogen) atoms. The van der Waals surface area contributed by atoms with Gasteiger partial charge in [-0.05, 0) is 60.7 Å². The summed E-state index contributed by atoms with van der Waals surface area (Å²) in [7, 11) is -3.84. The van der Waals surface area contributed by atoms with Gasteiger partial charge in [0.25, 0.3) is 0 Å². The maximum Gasteiger partial charge on any atom is 0.243 e. The van der Waals surface area contributed by atoms with Gasteiger partial charge in [0.05, 0.1) is 10.8 Å². The molecule has 1 fully saturated rings. The van der Waals surface area contributed by atoms with Gasteiger partial charge >= 0.3 is 0 Å². The minimum Gasteiger partial charge on any atom is -0.350 e. The van der Waals surface area contributed by atoms with E-state index >= 15 is 0 Å². The fourth-order valence-electron chi connectivity index (χ4n) is 3.74. The van der Waals surface area contributed by atoms with Gasteiger partial charge in [0, 0.05) is 32.0 Å². The number of nitrogens with zero attached hydrogens (tertiary/aromatic N) is 2. The van der Waals surface area contributed by atoms with E-state index in [2.05, 4.69) is 15.6 Å². The van der Waals surface area contributed by atoms with Crippen LogP contribution in [0.25, 0.3) is 0 Å². The van der Waals surface area contributed by atoms with Crippen LogP contribution in [0.5, 0.6) is 0 Å². The molecule has 3 rings (SSSR count). The molecule has 2 N–H and O–H groups in total. The fraction of sp³-hybridized carbons (Fsp3) is 0.435. The van der Waals surface area contributed by atoms with E-state index in [-0.39, 0.29) is 35.7 Å². The minimum absolute atomic E-state index is 0.00892. The average Bonchev–Trinajstić information content (AvgIpc) is 2.81. The number of hydrogen-bond donors (Lipinski definition) is 2. The molecule has 2 amide bonds. The van der Waals surface area contributed by atoms with Gasteiger partial charge < -0.3 is 10.6 Å². The van der Waals surface area contributed by atoms with Crippen LogP contribution < -0.4 is 10.6 Å². The quantitative estimate of drug-likeness (QED) is 0.607. The average molecular weight is 477 g/mol. The van der Waals surface area contributed by atoms with Crippen LogP contribution >= 0.6 is 0 Å². The number of carbonyl (C=O) groups is 2. The summed E-state index contributed by atoms with van der Waals surface area (Å²) in [5, 5.41) is 5.64. The van der Waals surface area contributed by atoms with E-state index in [1.165, 1.54) is 16.4 Å². The third-order valence-corrected chi connectivity index (χ3v) is 7.55. The van der Waals surface area contributed by atoms with Crippen molar-refractivity contribution in [1.29, 1.82) is 0 Å². The predicted octanol–water partition coefficient (Wildman–Crippen LogP) is 2.08. The predicted molar refractivity (Wildman–Crippen MR) is 121 cm³/mol. The molecule has 1 aromatic heterocycles. The van der Waals surface area contributed by atoms with E-state index in [9.17, 15) is 22.4 Å². The molecule has 0 aliphatic carbocycles. The van der Waals surface area contributed by atoms with Gasteiger partial charge in [-0.15, -0.1) is 0 Å². The number of rotatable bonds is 8. The van der Waals surface area contributed by atoms with E-state index in [1.54, 1.807) is 24.5 Å². The van der Waals surface area contributed by atoms with Crippen LogP contribution in [-0.2, 0) is 26.2 Å². The maximum atomic E-state index is 13.2. The Labute approximate surface area is 193 Å². The number of carbonyl (C=O) groups excluding carboxylic acids is 2. The Morgan fingerprint density at radius 3 is 2.45 bits per heavy atom. The van der Waals surface area contributed by atoms with E-state index in [0.717, 1.165) is 17.7 Å². The van der Waals surface area contributed by atoms with Gasteiger partial charge in [-0.3, -0.25) is 14.6 Å². The van der Waals surface area contributed by atoms with Crippen molar-refractivity contribution < 1.29 is 22.4 Å². The SMILES string of the molecule is CC(C)[C@@H](NC(=O)[C@H]1CCCN(S(=O)(=O)c2ccc(F)cc2)C1)C(=O)NCc1ccncc1. The topological polar surface area (TPSA) is 108 Å². The summed E-state index contributed by atoms with van der Waals surface area (Å²) >= 11 is 0. The van der Waals surface area contributed by atoms with Gasteiger partial charge in [0.15, 0.2) is 0 Å². The summed E-state index contributed by atoms with van der Waals surface area (Å²) in [6.07, 6.45) is 4.31.